The van der Waals surface area contributed by atoms with Gasteiger partial charge in [0.1, 0.15) is 5.69 Å². The normalized spacial score (nSPS) is 12.6. The Morgan fingerprint density at radius 3 is 2.76 bits per heavy atom. The van der Waals surface area contributed by atoms with Gasteiger partial charge in [0.15, 0.2) is 5.76 Å². The summed E-state index contributed by atoms with van der Waals surface area (Å²) >= 11 is 0. The summed E-state index contributed by atoms with van der Waals surface area (Å²) in [5.41, 5.74) is 9.21. The zero-order chi connectivity index (χ0) is 12.3. The van der Waals surface area contributed by atoms with Crippen LogP contribution in [0.15, 0.2) is 34.9 Å². The molecule has 0 amide bonds. The lowest BCUT2D eigenvalue weighted by atomic mass is 10.0. The lowest BCUT2D eigenvalue weighted by molar-refractivity contribution is 0.360. The highest BCUT2D eigenvalue weighted by molar-refractivity contribution is 5.63. The van der Waals surface area contributed by atoms with E-state index in [-0.39, 0.29) is 6.04 Å². The first kappa shape index (κ1) is 11.9. The van der Waals surface area contributed by atoms with Crippen molar-refractivity contribution in [1.82, 2.24) is 5.16 Å². The molecule has 2 N–H and O–H groups in total. The van der Waals surface area contributed by atoms with Gasteiger partial charge in [-0.05, 0) is 18.4 Å². The molecule has 3 heteroatoms. The number of hydrogen-bond acceptors (Lipinski definition) is 3. The van der Waals surface area contributed by atoms with E-state index in [4.69, 9.17) is 10.3 Å². The van der Waals surface area contributed by atoms with Gasteiger partial charge in [0, 0.05) is 11.6 Å². The summed E-state index contributed by atoms with van der Waals surface area (Å²) in [5, 5.41) is 4.11. The van der Waals surface area contributed by atoms with Crippen molar-refractivity contribution >= 4 is 0 Å². The Morgan fingerprint density at radius 2 is 2.06 bits per heavy atom. The molecule has 0 spiro atoms. The molecule has 0 saturated carbocycles. The van der Waals surface area contributed by atoms with Crippen molar-refractivity contribution < 1.29 is 4.52 Å². The smallest absolute Gasteiger partial charge is 0.154 e. The fourth-order valence-electron chi connectivity index (χ4n) is 1.87. The van der Waals surface area contributed by atoms with Crippen LogP contribution in [0.3, 0.4) is 0 Å². The van der Waals surface area contributed by atoms with E-state index < -0.39 is 0 Å². The number of nitrogens with zero attached hydrogens (tertiary/aromatic N) is 1. The summed E-state index contributed by atoms with van der Waals surface area (Å²) in [7, 11) is 0. The third-order valence-electron chi connectivity index (χ3n) is 3.01. The van der Waals surface area contributed by atoms with Crippen LogP contribution in [0.1, 0.15) is 37.6 Å². The number of hydrogen-bond donors (Lipinski definition) is 1. The summed E-state index contributed by atoms with van der Waals surface area (Å²) in [6.07, 6.45) is 1.84. The minimum Gasteiger partial charge on any atom is -0.359 e. The van der Waals surface area contributed by atoms with Crippen LogP contribution < -0.4 is 5.73 Å². The van der Waals surface area contributed by atoms with E-state index in [1.54, 1.807) is 0 Å². The van der Waals surface area contributed by atoms with E-state index >= 15 is 0 Å². The van der Waals surface area contributed by atoms with Crippen molar-refractivity contribution in [3.63, 3.8) is 0 Å². The lowest BCUT2D eigenvalue weighted by Crippen LogP contribution is -2.06. The maximum atomic E-state index is 5.92. The standard InChI is InChI=1S/C14H18N2O/c1-3-10-7-5-6-8-11(10)13-9-14(17-16-13)12(15)4-2/h5-9,12H,3-4,15H2,1-2H3. The zero-order valence-corrected chi connectivity index (χ0v) is 10.3. The number of aryl methyl sites for hydroxylation is 1. The molecule has 0 saturated heterocycles. The van der Waals surface area contributed by atoms with E-state index in [9.17, 15) is 0 Å². The molecule has 17 heavy (non-hydrogen) atoms. The molecule has 1 aromatic carbocycles. The van der Waals surface area contributed by atoms with Gasteiger partial charge in [0.2, 0.25) is 0 Å². The summed E-state index contributed by atoms with van der Waals surface area (Å²) in [5.74, 6) is 0.758. The Labute approximate surface area is 102 Å². The minimum atomic E-state index is -0.0648. The summed E-state index contributed by atoms with van der Waals surface area (Å²) in [6.45, 7) is 4.17. The second kappa shape index (κ2) is 5.15. The van der Waals surface area contributed by atoms with Crippen LogP contribution in [-0.2, 0) is 6.42 Å². The average Bonchev–Trinajstić information content (AvgIpc) is 2.87. The maximum Gasteiger partial charge on any atom is 0.154 e. The Hall–Kier alpha value is -1.61. The first-order valence-electron chi connectivity index (χ1n) is 6.06. The number of nitrogens with two attached hydrogens (primary N) is 1. The Kier molecular flexibility index (Phi) is 3.59. The molecule has 0 aliphatic carbocycles. The highest BCUT2D eigenvalue weighted by Gasteiger charge is 2.13. The third kappa shape index (κ3) is 2.39. The molecule has 0 fully saturated rings. The fourth-order valence-corrected chi connectivity index (χ4v) is 1.87. The number of rotatable bonds is 4. The highest BCUT2D eigenvalue weighted by atomic mass is 16.5. The van der Waals surface area contributed by atoms with Crippen LogP contribution in [0.25, 0.3) is 11.3 Å². The van der Waals surface area contributed by atoms with E-state index in [0.29, 0.717) is 0 Å². The number of benzene rings is 1. The van der Waals surface area contributed by atoms with E-state index in [1.165, 1.54) is 5.56 Å². The molecular formula is C14H18N2O. The quantitative estimate of drug-likeness (QED) is 0.876. The predicted molar refractivity (Wildman–Crippen MR) is 68.5 cm³/mol. The second-order valence-electron chi connectivity index (χ2n) is 4.14. The molecule has 0 bridgehead atoms. The highest BCUT2D eigenvalue weighted by Crippen LogP contribution is 2.26. The largest absolute Gasteiger partial charge is 0.359 e. The zero-order valence-electron chi connectivity index (χ0n) is 10.3. The first-order valence-corrected chi connectivity index (χ1v) is 6.06. The molecule has 1 unspecified atom stereocenters. The molecule has 0 radical (unpaired) electrons. The molecule has 1 aromatic heterocycles. The van der Waals surface area contributed by atoms with Gasteiger partial charge >= 0.3 is 0 Å². The van der Waals surface area contributed by atoms with Crippen LogP contribution in [-0.4, -0.2) is 5.16 Å². The predicted octanol–water partition coefficient (Wildman–Crippen LogP) is 3.31. The molecule has 0 aliphatic heterocycles. The van der Waals surface area contributed by atoms with E-state index in [1.807, 2.05) is 25.1 Å². The summed E-state index contributed by atoms with van der Waals surface area (Å²) in [4.78, 5) is 0. The van der Waals surface area contributed by atoms with E-state index in [0.717, 1.165) is 29.9 Å². The van der Waals surface area contributed by atoms with Crippen molar-refractivity contribution in [2.24, 2.45) is 5.73 Å². The van der Waals surface area contributed by atoms with Crippen LogP contribution in [0.2, 0.25) is 0 Å². The van der Waals surface area contributed by atoms with Crippen molar-refractivity contribution in [3.05, 3.63) is 41.7 Å². The van der Waals surface area contributed by atoms with Gasteiger partial charge in [-0.2, -0.15) is 0 Å². The van der Waals surface area contributed by atoms with Crippen molar-refractivity contribution in [3.8, 4) is 11.3 Å². The van der Waals surface area contributed by atoms with Gasteiger partial charge < -0.3 is 10.3 Å². The lowest BCUT2D eigenvalue weighted by Gasteiger charge is -2.03. The van der Waals surface area contributed by atoms with Crippen LogP contribution >= 0.6 is 0 Å². The Balaban J connectivity index is 2.37. The third-order valence-corrected chi connectivity index (χ3v) is 3.01. The molecule has 3 nitrogen and oxygen atoms in total. The van der Waals surface area contributed by atoms with Gasteiger partial charge in [0.05, 0.1) is 6.04 Å². The van der Waals surface area contributed by atoms with Crippen molar-refractivity contribution in [2.45, 2.75) is 32.7 Å². The average molecular weight is 230 g/mol. The molecule has 0 aliphatic rings. The first-order chi connectivity index (χ1) is 8.26. The van der Waals surface area contributed by atoms with Crippen LogP contribution in [0, 0.1) is 0 Å². The molecular weight excluding hydrogens is 212 g/mol. The van der Waals surface area contributed by atoms with Gasteiger partial charge in [-0.25, -0.2) is 0 Å². The van der Waals surface area contributed by atoms with Gasteiger partial charge in [-0.15, -0.1) is 0 Å². The van der Waals surface area contributed by atoms with Gasteiger partial charge in [-0.1, -0.05) is 43.3 Å². The molecule has 2 rings (SSSR count). The van der Waals surface area contributed by atoms with Crippen LogP contribution in [0.4, 0.5) is 0 Å². The second-order valence-corrected chi connectivity index (χ2v) is 4.14. The van der Waals surface area contributed by atoms with Crippen molar-refractivity contribution in [1.29, 1.82) is 0 Å². The topological polar surface area (TPSA) is 52.0 Å². The van der Waals surface area contributed by atoms with Gasteiger partial charge in [-0.3, -0.25) is 0 Å². The Morgan fingerprint density at radius 1 is 1.29 bits per heavy atom. The maximum absolute atomic E-state index is 5.92. The SMILES string of the molecule is CCc1ccccc1-c1cc(C(N)CC)on1. The number of aromatic nitrogens is 1. The summed E-state index contributed by atoms with van der Waals surface area (Å²) < 4.78 is 5.30. The van der Waals surface area contributed by atoms with Crippen molar-refractivity contribution in [2.75, 3.05) is 0 Å². The Bertz CT molecular complexity index is 490. The fraction of sp³-hybridized carbons (Fsp3) is 0.357. The molecule has 1 heterocycles. The van der Waals surface area contributed by atoms with E-state index in [2.05, 4.69) is 24.2 Å². The molecule has 2 aromatic rings. The van der Waals surface area contributed by atoms with Crippen LogP contribution in [0.5, 0.6) is 0 Å². The monoisotopic (exact) mass is 230 g/mol. The van der Waals surface area contributed by atoms with Gasteiger partial charge in [0.25, 0.3) is 0 Å². The molecule has 1 atom stereocenters. The minimum absolute atomic E-state index is 0.0648. The molecule has 90 valence electrons. The summed E-state index contributed by atoms with van der Waals surface area (Å²) in [6, 6.07) is 10.1.